The summed E-state index contributed by atoms with van der Waals surface area (Å²) >= 11 is 3.41. The molecule has 0 unspecified atom stereocenters. The predicted molar refractivity (Wildman–Crippen MR) is 133 cm³/mol. The molecule has 0 fully saturated rings. The van der Waals surface area contributed by atoms with Gasteiger partial charge in [-0.05, 0) is 60.0 Å². The zero-order valence-electron chi connectivity index (χ0n) is 18.1. The van der Waals surface area contributed by atoms with E-state index in [0.29, 0.717) is 29.8 Å². The molecule has 0 spiro atoms. The van der Waals surface area contributed by atoms with Crippen LogP contribution in [0.2, 0.25) is 0 Å². The molecule has 2 N–H and O–H groups in total. The quantitative estimate of drug-likeness (QED) is 0.225. The summed E-state index contributed by atoms with van der Waals surface area (Å²) in [6, 6.07) is 21.4. The molecule has 3 aromatic carbocycles. The smallest absolute Gasteiger partial charge is 0.261 e. The standard InChI is InChI=1S/C27H21BrFN3O2/c28-22-8-9-26(34-17-18-4-3-5-23(29)12-18)20(14-22)13-21(15-30)27(33)31-11-10-19-16-32-25-7-2-1-6-24(19)25/h1-9,12-14,16,32H,10-11,17H2,(H,31,33)/b21-13-. The van der Waals surface area contributed by atoms with Gasteiger partial charge < -0.3 is 15.0 Å². The summed E-state index contributed by atoms with van der Waals surface area (Å²) in [5.74, 6) is -0.321. The monoisotopic (exact) mass is 517 g/mol. The maximum absolute atomic E-state index is 13.4. The van der Waals surface area contributed by atoms with Crippen molar-refractivity contribution in [2.24, 2.45) is 0 Å². The third-order valence-electron chi connectivity index (χ3n) is 5.27. The molecule has 4 aromatic rings. The molecule has 0 saturated carbocycles. The van der Waals surface area contributed by atoms with Crippen molar-refractivity contribution in [1.82, 2.24) is 10.3 Å². The van der Waals surface area contributed by atoms with Crippen molar-refractivity contribution in [3.05, 3.63) is 105 Å². The summed E-state index contributed by atoms with van der Waals surface area (Å²) in [4.78, 5) is 15.9. The van der Waals surface area contributed by atoms with Gasteiger partial charge in [0.15, 0.2) is 0 Å². The Morgan fingerprint density at radius 3 is 2.82 bits per heavy atom. The van der Waals surface area contributed by atoms with E-state index < -0.39 is 5.91 Å². The van der Waals surface area contributed by atoms with Gasteiger partial charge in [0.2, 0.25) is 0 Å². The topological polar surface area (TPSA) is 77.9 Å². The second kappa shape index (κ2) is 10.8. The van der Waals surface area contributed by atoms with Gasteiger partial charge in [0.05, 0.1) is 0 Å². The minimum atomic E-state index is -0.460. The van der Waals surface area contributed by atoms with E-state index in [9.17, 15) is 14.4 Å². The maximum atomic E-state index is 13.4. The highest BCUT2D eigenvalue weighted by Crippen LogP contribution is 2.26. The van der Waals surface area contributed by atoms with Gasteiger partial charge in [-0.2, -0.15) is 5.26 Å². The van der Waals surface area contributed by atoms with Gasteiger partial charge in [-0.1, -0.05) is 46.3 Å². The molecule has 0 bridgehead atoms. The summed E-state index contributed by atoms with van der Waals surface area (Å²) in [5.41, 5.74) is 3.34. The number of ether oxygens (including phenoxy) is 1. The van der Waals surface area contributed by atoms with E-state index in [0.717, 1.165) is 20.9 Å². The minimum Gasteiger partial charge on any atom is -0.488 e. The van der Waals surface area contributed by atoms with Crippen LogP contribution in [0.4, 0.5) is 4.39 Å². The van der Waals surface area contributed by atoms with Crippen LogP contribution in [-0.4, -0.2) is 17.4 Å². The number of nitrogens with one attached hydrogen (secondary N) is 2. The van der Waals surface area contributed by atoms with E-state index in [1.165, 1.54) is 18.2 Å². The number of nitrogens with zero attached hydrogens (tertiary/aromatic N) is 1. The Kier molecular flexibility index (Phi) is 7.41. The van der Waals surface area contributed by atoms with Crippen LogP contribution in [0.5, 0.6) is 5.75 Å². The number of aromatic amines is 1. The normalized spacial score (nSPS) is 11.3. The Morgan fingerprint density at radius 2 is 2.00 bits per heavy atom. The van der Waals surface area contributed by atoms with Crippen LogP contribution in [0.1, 0.15) is 16.7 Å². The minimum absolute atomic E-state index is 0.0346. The Labute approximate surface area is 205 Å². The van der Waals surface area contributed by atoms with E-state index in [2.05, 4.69) is 26.2 Å². The Hall–Kier alpha value is -3.89. The zero-order valence-corrected chi connectivity index (χ0v) is 19.7. The Balaban J connectivity index is 1.44. The van der Waals surface area contributed by atoms with Crippen LogP contribution < -0.4 is 10.1 Å². The van der Waals surface area contributed by atoms with Crippen LogP contribution in [0.15, 0.2) is 83.0 Å². The molecule has 34 heavy (non-hydrogen) atoms. The average Bonchev–Trinajstić information content (AvgIpc) is 3.25. The van der Waals surface area contributed by atoms with E-state index in [1.807, 2.05) is 36.5 Å². The van der Waals surface area contributed by atoms with Crippen molar-refractivity contribution in [2.45, 2.75) is 13.0 Å². The lowest BCUT2D eigenvalue weighted by molar-refractivity contribution is -0.117. The number of carbonyl (C=O) groups is 1. The third kappa shape index (κ3) is 5.72. The number of amides is 1. The summed E-state index contributed by atoms with van der Waals surface area (Å²) in [5, 5.41) is 13.5. The van der Waals surface area contributed by atoms with Crippen molar-refractivity contribution in [3.63, 3.8) is 0 Å². The number of para-hydroxylation sites is 1. The summed E-state index contributed by atoms with van der Waals surface area (Å²) in [7, 11) is 0. The predicted octanol–water partition coefficient (Wildman–Crippen LogP) is 5.91. The third-order valence-corrected chi connectivity index (χ3v) is 5.77. The second-order valence-corrected chi connectivity index (χ2v) is 8.55. The number of halogens is 2. The first-order valence-electron chi connectivity index (χ1n) is 10.7. The highest BCUT2D eigenvalue weighted by molar-refractivity contribution is 9.10. The highest BCUT2D eigenvalue weighted by Gasteiger charge is 2.12. The fourth-order valence-corrected chi connectivity index (χ4v) is 3.98. The number of fused-ring (bicyclic) bond motifs is 1. The lowest BCUT2D eigenvalue weighted by Crippen LogP contribution is -2.26. The summed E-state index contributed by atoms with van der Waals surface area (Å²) in [6.45, 7) is 0.542. The molecule has 0 atom stereocenters. The van der Waals surface area contributed by atoms with Crippen LogP contribution in [0.3, 0.4) is 0 Å². The van der Waals surface area contributed by atoms with Gasteiger partial charge >= 0.3 is 0 Å². The number of carbonyl (C=O) groups excluding carboxylic acids is 1. The molecule has 0 aliphatic carbocycles. The van der Waals surface area contributed by atoms with Gasteiger partial charge in [-0.3, -0.25) is 4.79 Å². The molecule has 4 rings (SSSR count). The Morgan fingerprint density at radius 1 is 1.15 bits per heavy atom. The molecule has 170 valence electrons. The molecular formula is C27H21BrFN3O2. The van der Waals surface area contributed by atoms with Gasteiger partial charge in [-0.25, -0.2) is 4.39 Å². The van der Waals surface area contributed by atoms with Crippen molar-refractivity contribution < 1.29 is 13.9 Å². The van der Waals surface area contributed by atoms with E-state index in [-0.39, 0.29) is 18.0 Å². The van der Waals surface area contributed by atoms with Gasteiger partial charge in [0.25, 0.3) is 5.91 Å². The first-order valence-corrected chi connectivity index (χ1v) is 11.4. The highest BCUT2D eigenvalue weighted by atomic mass is 79.9. The Bertz CT molecular complexity index is 1400. The maximum Gasteiger partial charge on any atom is 0.261 e. The molecule has 1 amide bonds. The van der Waals surface area contributed by atoms with Crippen molar-refractivity contribution >= 4 is 38.8 Å². The summed E-state index contributed by atoms with van der Waals surface area (Å²) in [6.07, 6.45) is 4.06. The number of hydrogen-bond acceptors (Lipinski definition) is 3. The number of hydrogen-bond donors (Lipinski definition) is 2. The van der Waals surface area contributed by atoms with Gasteiger partial charge in [-0.15, -0.1) is 0 Å². The number of H-pyrrole nitrogens is 1. The molecule has 0 aliphatic rings. The zero-order chi connectivity index (χ0) is 23.9. The van der Waals surface area contributed by atoms with Crippen molar-refractivity contribution in [1.29, 1.82) is 5.26 Å². The summed E-state index contributed by atoms with van der Waals surface area (Å²) < 4.78 is 20.1. The average molecular weight is 518 g/mol. The van der Waals surface area contributed by atoms with Crippen LogP contribution >= 0.6 is 15.9 Å². The molecule has 1 heterocycles. The molecule has 0 saturated heterocycles. The first kappa shape index (κ1) is 23.3. The fourth-order valence-electron chi connectivity index (χ4n) is 3.60. The lowest BCUT2D eigenvalue weighted by atomic mass is 10.1. The van der Waals surface area contributed by atoms with E-state index >= 15 is 0 Å². The number of rotatable bonds is 8. The number of benzene rings is 3. The molecule has 0 aliphatic heterocycles. The molecule has 1 aromatic heterocycles. The van der Waals surface area contributed by atoms with Crippen molar-refractivity contribution in [2.75, 3.05) is 6.54 Å². The molecule has 5 nitrogen and oxygen atoms in total. The number of nitriles is 1. The van der Waals surface area contributed by atoms with E-state index in [1.54, 1.807) is 30.3 Å². The number of aromatic nitrogens is 1. The first-order chi connectivity index (χ1) is 16.5. The SMILES string of the molecule is N#C/C(=C/c1cc(Br)ccc1OCc1cccc(F)c1)C(=O)NCCc1c[nH]c2ccccc12. The molecule has 0 radical (unpaired) electrons. The lowest BCUT2D eigenvalue weighted by Gasteiger charge is -2.11. The van der Waals surface area contributed by atoms with Gasteiger partial charge in [0, 0.05) is 33.7 Å². The van der Waals surface area contributed by atoms with E-state index in [4.69, 9.17) is 4.74 Å². The van der Waals surface area contributed by atoms with Crippen LogP contribution in [0, 0.1) is 17.1 Å². The molecule has 7 heteroatoms. The van der Waals surface area contributed by atoms with Crippen LogP contribution in [-0.2, 0) is 17.8 Å². The largest absolute Gasteiger partial charge is 0.488 e. The molecular weight excluding hydrogens is 497 g/mol. The van der Waals surface area contributed by atoms with Gasteiger partial charge in [0.1, 0.15) is 29.8 Å². The second-order valence-electron chi connectivity index (χ2n) is 7.64. The van der Waals surface area contributed by atoms with Crippen molar-refractivity contribution in [3.8, 4) is 11.8 Å². The van der Waals surface area contributed by atoms with Crippen LogP contribution in [0.25, 0.3) is 17.0 Å². The fraction of sp³-hybridized carbons (Fsp3) is 0.111.